The molecule has 7 nitrogen and oxygen atoms in total. The van der Waals surface area contributed by atoms with Crippen LogP contribution in [-0.4, -0.2) is 58.0 Å². The summed E-state index contributed by atoms with van der Waals surface area (Å²) in [4.78, 5) is 23.6. The van der Waals surface area contributed by atoms with Crippen LogP contribution in [0.15, 0.2) is 42.6 Å². The molecule has 10 heteroatoms. The molecule has 0 atom stereocenters. The number of nitrogens with zero attached hydrogens (tertiary/aromatic N) is 4. The van der Waals surface area contributed by atoms with Gasteiger partial charge in [-0.25, -0.2) is 9.97 Å². The van der Waals surface area contributed by atoms with Crippen LogP contribution in [0.4, 0.5) is 0 Å². The van der Waals surface area contributed by atoms with Crippen molar-refractivity contribution in [3.8, 4) is 11.4 Å². The number of rotatable bonds is 7. The molecule has 0 saturated heterocycles. The zero-order valence-corrected chi connectivity index (χ0v) is 18.7. The highest BCUT2D eigenvalue weighted by Gasteiger charge is 2.16. The minimum Gasteiger partial charge on any atom is -0.412 e. The zero-order chi connectivity index (χ0) is 18.5. The van der Waals surface area contributed by atoms with E-state index >= 15 is 0 Å². The standard InChI is InChI=1S/C19H22ClN5O.2ClH.H2O/c1-24(2)12-4-11-21-17(26)13-25-18(14-6-8-15(20)9-7-14)23-16-5-3-10-22-19(16)25;;;/h3,5-10H,4,11-13H2,1-2H3,(H,21,26);2*1H;1H2. The number of carbonyl (C=O) groups excluding carboxylic acids is 1. The maximum atomic E-state index is 12.4. The molecule has 0 bridgehead atoms. The predicted molar refractivity (Wildman–Crippen MR) is 122 cm³/mol. The van der Waals surface area contributed by atoms with Gasteiger partial charge in [-0.05, 0) is 63.5 Å². The fourth-order valence-corrected chi connectivity index (χ4v) is 2.88. The summed E-state index contributed by atoms with van der Waals surface area (Å²) in [5.41, 5.74) is 2.35. The van der Waals surface area contributed by atoms with Gasteiger partial charge >= 0.3 is 0 Å². The van der Waals surface area contributed by atoms with Crippen LogP contribution >= 0.6 is 36.4 Å². The molecular formula is C19H26Cl3N5O2. The molecule has 0 saturated carbocycles. The number of benzene rings is 1. The maximum Gasteiger partial charge on any atom is 0.240 e. The fraction of sp³-hybridized carbons (Fsp3) is 0.316. The largest absolute Gasteiger partial charge is 0.412 e. The van der Waals surface area contributed by atoms with E-state index in [0.29, 0.717) is 23.0 Å². The van der Waals surface area contributed by atoms with E-state index in [1.807, 2.05) is 55.1 Å². The highest BCUT2D eigenvalue weighted by Crippen LogP contribution is 2.24. The van der Waals surface area contributed by atoms with E-state index in [2.05, 4.69) is 20.2 Å². The first kappa shape index (κ1) is 27.1. The molecule has 0 fully saturated rings. The molecule has 1 amide bonds. The molecule has 0 spiro atoms. The molecule has 3 N–H and O–H groups in total. The number of hydrogen-bond acceptors (Lipinski definition) is 4. The summed E-state index contributed by atoms with van der Waals surface area (Å²) in [5, 5.41) is 3.63. The summed E-state index contributed by atoms with van der Waals surface area (Å²) in [6, 6.07) is 11.2. The first-order valence-corrected chi connectivity index (χ1v) is 8.91. The third-order valence-electron chi connectivity index (χ3n) is 4.01. The van der Waals surface area contributed by atoms with Crippen molar-refractivity contribution in [1.29, 1.82) is 0 Å². The van der Waals surface area contributed by atoms with Gasteiger partial charge in [0, 0.05) is 23.3 Å². The average Bonchev–Trinajstić information content (AvgIpc) is 2.98. The number of hydrogen-bond donors (Lipinski definition) is 1. The smallest absolute Gasteiger partial charge is 0.240 e. The SMILES string of the molecule is CN(C)CCCNC(=O)Cn1c(-c2ccc(Cl)cc2)nc2cccnc21.Cl.Cl.O. The molecule has 3 rings (SSSR count). The van der Waals surface area contributed by atoms with E-state index in [0.717, 1.165) is 24.0 Å². The normalized spacial score (nSPS) is 10.1. The van der Waals surface area contributed by atoms with Crippen molar-refractivity contribution < 1.29 is 10.3 Å². The molecular weight excluding hydrogens is 437 g/mol. The van der Waals surface area contributed by atoms with Gasteiger partial charge in [-0.1, -0.05) is 11.6 Å². The first-order valence-electron chi connectivity index (χ1n) is 8.53. The second-order valence-electron chi connectivity index (χ2n) is 6.38. The van der Waals surface area contributed by atoms with Gasteiger partial charge < -0.3 is 15.7 Å². The van der Waals surface area contributed by atoms with Crippen molar-refractivity contribution >= 4 is 53.5 Å². The Labute approximate surface area is 187 Å². The van der Waals surface area contributed by atoms with E-state index in [4.69, 9.17) is 11.6 Å². The van der Waals surface area contributed by atoms with Gasteiger partial charge in [0.25, 0.3) is 0 Å². The Morgan fingerprint density at radius 3 is 2.52 bits per heavy atom. The Morgan fingerprint density at radius 1 is 1.17 bits per heavy atom. The lowest BCUT2D eigenvalue weighted by molar-refractivity contribution is -0.121. The highest BCUT2D eigenvalue weighted by atomic mass is 35.5. The quantitative estimate of drug-likeness (QED) is 0.546. The molecule has 0 radical (unpaired) electrons. The molecule has 2 aromatic heterocycles. The van der Waals surface area contributed by atoms with Crippen LogP contribution in [0.5, 0.6) is 0 Å². The number of carbonyl (C=O) groups is 1. The van der Waals surface area contributed by atoms with E-state index in [1.165, 1.54) is 0 Å². The Hall–Kier alpha value is -1.90. The molecule has 1 aromatic carbocycles. The van der Waals surface area contributed by atoms with Gasteiger partial charge in [0.2, 0.25) is 5.91 Å². The zero-order valence-electron chi connectivity index (χ0n) is 16.3. The van der Waals surface area contributed by atoms with Gasteiger partial charge in [-0.15, -0.1) is 24.8 Å². The van der Waals surface area contributed by atoms with Crippen LogP contribution < -0.4 is 5.32 Å². The summed E-state index contributed by atoms with van der Waals surface area (Å²) in [6.45, 7) is 1.76. The summed E-state index contributed by atoms with van der Waals surface area (Å²) >= 11 is 5.99. The van der Waals surface area contributed by atoms with Crippen LogP contribution in [0.3, 0.4) is 0 Å². The third-order valence-corrected chi connectivity index (χ3v) is 4.26. The summed E-state index contributed by atoms with van der Waals surface area (Å²) in [5.74, 6) is 0.655. The lowest BCUT2D eigenvalue weighted by atomic mass is 10.2. The molecule has 0 aliphatic carbocycles. The van der Waals surface area contributed by atoms with Gasteiger partial charge in [-0.2, -0.15) is 0 Å². The van der Waals surface area contributed by atoms with Gasteiger partial charge in [0.15, 0.2) is 5.65 Å². The Balaban J connectivity index is 0.00000261. The minimum absolute atomic E-state index is 0. The van der Waals surface area contributed by atoms with E-state index < -0.39 is 0 Å². The third kappa shape index (κ3) is 7.13. The predicted octanol–water partition coefficient (Wildman–Crippen LogP) is 2.84. The van der Waals surface area contributed by atoms with Gasteiger partial charge in [0.1, 0.15) is 17.9 Å². The fourth-order valence-electron chi connectivity index (χ4n) is 2.75. The topological polar surface area (TPSA) is 94.6 Å². The van der Waals surface area contributed by atoms with E-state index in [1.54, 1.807) is 6.20 Å². The van der Waals surface area contributed by atoms with E-state index in [9.17, 15) is 4.79 Å². The number of imidazole rings is 1. The summed E-state index contributed by atoms with van der Waals surface area (Å²) in [7, 11) is 4.03. The highest BCUT2D eigenvalue weighted by molar-refractivity contribution is 6.30. The van der Waals surface area contributed by atoms with Crippen LogP contribution in [0, 0.1) is 0 Å². The lowest BCUT2D eigenvalue weighted by Crippen LogP contribution is -2.30. The Morgan fingerprint density at radius 2 is 1.86 bits per heavy atom. The Kier molecular flexibility index (Phi) is 11.8. The number of amides is 1. The monoisotopic (exact) mass is 461 g/mol. The second kappa shape index (κ2) is 12.6. The molecule has 3 aromatic rings. The van der Waals surface area contributed by atoms with Crippen molar-refractivity contribution in [2.45, 2.75) is 13.0 Å². The molecule has 0 aliphatic rings. The number of halogens is 3. The van der Waals surface area contributed by atoms with Crippen molar-refractivity contribution in [2.24, 2.45) is 0 Å². The first-order chi connectivity index (χ1) is 12.5. The summed E-state index contributed by atoms with van der Waals surface area (Å²) < 4.78 is 1.85. The van der Waals surface area contributed by atoms with E-state index in [-0.39, 0.29) is 42.7 Å². The van der Waals surface area contributed by atoms with Crippen LogP contribution in [0.25, 0.3) is 22.6 Å². The number of aromatic nitrogens is 3. The lowest BCUT2D eigenvalue weighted by Gasteiger charge is -2.11. The second-order valence-corrected chi connectivity index (χ2v) is 6.82. The van der Waals surface area contributed by atoms with Crippen molar-refractivity contribution in [3.63, 3.8) is 0 Å². The average molecular weight is 463 g/mol. The number of nitrogens with one attached hydrogen (secondary N) is 1. The molecule has 0 unspecified atom stereocenters. The maximum absolute atomic E-state index is 12.4. The van der Waals surface area contributed by atoms with Crippen molar-refractivity contribution in [2.75, 3.05) is 27.2 Å². The van der Waals surface area contributed by atoms with Crippen LogP contribution in [0.2, 0.25) is 5.02 Å². The van der Waals surface area contributed by atoms with Gasteiger partial charge in [0.05, 0.1) is 0 Å². The van der Waals surface area contributed by atoms with Crippen LogP contribution in [-0.2, 0) is 11.3 Å². The number of pyridine rings is 1. The summed E-state index contributed by atoms with van der Waals surface area (Å²) in [6.07, 6.45) is 2.62. The number of fused-ring (bicyclic) bond motifs is 1. The van der Waals surface area contributed by atoms with Crippen molar-refractivity contribution in [1.82, 2.24) is 24.8 Å². The van der Waals surface area contributed by atoms with Crippen molar-refractivity contribution in [3.05, 3.63) is 47.6 Å². The molecule has 2 heterocycles. The van der Waals surface area contributed by atoms with Crippen LogP contribution in [0.1, 0.15) is 6.42 Å². The molecule has 0 aliphatic heterocycles. The molecule has 160 valence electrons. The van der Waals surface area contributed by atoms with Gasteiger partial charge in [-0.3, -0.25) is 9.36 Å². The molecule has 29 heavy (non-hydrogen) atoms. The Bertz CT molecular complexity index is 901. The minimum atomic E-state index is -0.0519.